The van der Waals surface area contributed by atoms with Gasteiger partial charge in [0.15, 0.2) is 0 Å². The maximum atomic E-state index is 13.2. The second kappa shape index (κ2) is 10.3. The number of pyridine rings is 1. The normalized spacial score (nSPS) is 10.3. The Morgan fingerprint density at radius 1 is 0.829 bits per heavy atom. The van der Waals surface area contributed by atoms with Gasteiger partial charge in [0.2, 0.25) is 0 Å². The van der Waals surface area contributed by atoms with E-state index in [2.05, 4.69) is 39.4 Å². The number of aromatic nitrogens is 3. The molecule has 168 valence electrons. The van der Waals surface area contributed by atoms with Gasteiger partial charge in [0.25, 0.3) is 5.91 Å². The lowest BCUT2D eigenvalue weighted by atomic mass is 9.98. The van der Waals surface area contributed by atoms with E-state index >= 15 is 0 Å². The third-order valence-electron chi connectivity index (χ3n) is 5.46. The van der Waals surface area contributed by atoms with Crippen molar-refractivity contribution in [2.24, 2.45) is 0 Å². The average Bonchev–Trinajstić information content (AvgIpc) is 3.42. The Morgan fingerprint density at radius 3 is 2.49 bits per heavy atom. The molecule has 0 saturated carbocycles. The van der Waals surface area contributed by atoms with Gasteiger partial charge in [0.05, 0.1) is 6.54 Å². The number of carbonyl (C=O) groups is 1. The first kappa shape index (κ1) is 21.9. The maximum absolute atomic E-state index is 13.2. The molecule has 5 rings (SSSR count). The van der Waals surface area contributed by atoms with E-state index in [0.29, 0.717) is 23.5 Å². The molecule has 3 aromatic carbocycles. The average molecular weight is 455 g/mol. The second-order valence-corrected chi connectivity index (χ2v) is 7.95. The third kappa shape index (κ3) is 5.52. The number of hydrogen-bond donors (Lipinski definition) is 1. The van der Waals surface area contributed by atoms with Gasteiger partial charge in [-0.15, -0.1) is 0 Å². The molecule has 0 radical (unpaired) electrons. The zero-order chi connectivity index (χ0) is 23.9. The predicted molar refractivity (Wildman–Crippen MR) is 138 cm³/mol. The number of nitrogens with zero attached hydrogens (tertiary/aromatic N) is 3. The number of benzene rings is 3. The molecule has 0 aliphatic heterocycles. The van der Waals surface area contributed by atoms with E-state index in [1.807, 2.05) is 95.8 Å². The summed E-state index contributed by atoms with van der Waals surface area (Å²) in [7, 11) is 0. The minimum Gasteiger partial charge on any atom is -0.322 e. The quantitative estimate of drug-likeness (QED) is 0.349. The van der Waals surface area contributed by atoms with Crippen molar-refractivity contribution >= 4 is 11.6 Å². The fourth-order valence-electron chi connectivity index (χ4n) is 3.75. The minimum atomic E-state index is -0.170. The molecule has 5 aromatic rings. The third-order valence-corrected chi connectivity index (χ3v) is 5.46. The van der Waals surface area contributed by atoms with Crippen molar-refractivity contribution in [3.05, 3.63) is 138 Å². The van der Waals surface area contributed by atoms with Crippen LogP contribution in [-0.2, 0) is 6.54 Å². The molecule has 0 bridgehead atoms. The van der Waals surface area contributed by atoms with Gasteiger partial charge in [0.1, 0.15) is 5.69 Å². The molecule has 2 aromatic heterocycles. The predicted octanol–water partition coefficient (Wildman–Crippen LogP) is 5.65. The Hall–Kier alpha value is -4.95. The van der Waals surface area contributed by atoms with Crippen LogP contribution in [0.1, 0.15) is 27.2 Å². The molecule has 0 spiro atoms. The molecular weight excluding hydrogens is 432 g/mol. The lowest BCUT2D eigenvalue weighted by Gasteiger charge is -2.11. The summed E-state index contributed by atoms with van der Waals surface area (Å²) in [5.41, 5.74) is 5.80. The van der Waals surface area contributed by atoms with Gasteiger partial charge in [0, 0.05) is 35.4 Å². The molecule has 2 heterocycles. The lowest BCUT2D eigenvalue weighted by Crippen LogP contribution is -2.13. The van der Waals surface area contributed by atoms with Crippen molar-refractivity contribution in [3.63, 3.8) is 0 Å². The summed E-state index contributed by atoms with van der Waals surface area (Å²) in [5, 5.41) is 7.27. The minimum absolute atomic E-state index is 0.170. The molecule has 0 aliphatic carbocycles. The number of hydrogen-bond acceptors (Lipinski definition) is 3. The zero-order valence-electron chi connectivity index (χ0n) is 18.9. The van der Waals surface area contributed by atoms with E-state index in [1.54, 1.807) is 12.4 Å². The van der Waals surface area contributed by atoms with Crippen LogP contribution in [0, 0.1) is 11.8 Å². The highest BCUT2D eigenvalue weighted by atomic mass is 16.1. The molecule has 0 fully saturated rings. The highest BCUT2D eigenvalue weighted by Gasteiger charge is 2.13. The molecule has 0 saturated heterocycles. The Balaban J connectivity index is 1.34. The van der Waals surface area contributed by atoms with Gasteiger partial charge in [-0.3, -0.25) is 9.48 Å². The molecule has 0 atom stereocenters. The van der Waals surface area contributed by atoms with Gasteiger partial charge < -0.3 is 5.32 Å². The molecule has 5 heteroatoms. The molecule has 0 aliphatic rings. The van der Waals surface area contributed by atoms with Crippen LogP contribution < -0.4 is 5.32 Å². The zero-order valence-corrected chi connectivity index (χ0v) is 18.9. The lowest BCUT2D eigenvalue weighted by molar-refractivity contribution is 0.102. The summed E-state index contributed by atoms with van der Waals surface area (Å²) in [5.74, 6) is 5.97. The van der Waals surface area contributed by atoms with Crippen LogP contribution in [0.3, 0.4) is 0 Å². The van der Waals surface area contributed by atoms with Crippen LogP contribution in [0.2, 0.25) is 0 Å². The molecule has 5 nitrogen and oxygen atoms in total. The number of carbonyl (C=O) groups excluding carboxylic acids is 1. The van der Waals surface area contributed by atoms with E-state index in [1.165, 1.54) is 0 Å². The largest absolute Gasteiger partial charge is 0.322 e. The Morgan fingerprint density at radius 2 is 1.69 bits per heavy atom. The summed E-state index contributed by atoms with van der Waals surface area (Å²) >= 11 is 0. The fourth-order valence-corrected chi connectivity index (χ4v) is 3.75. The van der Waals surface area contributed by atoms with E-state index < -0.39 is 0 Å². The van der Waals surface area contributed by atoms with Gasteiger partial charge in [-0.2, -0.15) is 5.10 Å². The summed E-state index contributed by atoms with van der Waals surface area (Å²) in [6.45, 7) is 0.703. The van der Waals surface area contributed by atoms with Crippen molar-refractivity contribution in [1.82, 2.24) is 14.8 Å². The first-order valence-electron chi connectivity index (χ1n) is 11.2. The molecule has 0 unspecified atom stereocenters. The topological polar surface area (TPSA) is 59.8 Å². The van der Waals surface area contributed by atoms with Crippen molar-refractivity contribution in [1.29, 1.82) is 0 Å². The molecule has 1 amide bonds. The maximum Gasteiger partial charge on any atom is 0.256 e. The van der Waals surface area contributed by atoms with Crippen molar-refractivity contribution in [2.75, 3.05) is 5.32 Å². The van der Waals surface area contributed by atoms with Crippen LogP contribution in [-0.4, -0.2) is 20.7 Å². The number of nitrogens with one attached hydrogen (secondary N) is 1. The van der Waals surface area contributed by atoms with Crippen molar-refractivity contribution in [2.45, 2.75) is 6.54 Å². The van der Waals surface area contributed by atoms with Crippen LogP contribution in [0.15, 0.2) is 116 Å². The van der Waals surface area contributed by atoms with Gasteiger partial charge in [-0.1, -0.05) is 60.5 Å². The smallest absolute Gasteiger partial charge is 0.256 e. The van der Waals surface area contributed by atoms with Crippen LogP contribution >= 0.6 is 0 Å². The van der Waals surface area contributed by atoms with E-state index in [9.17, 15) is 4.79 Å². The van der Waals surface area contributed by atoms with Crippen LogP contribution in [0.4, 0.5) is 5.69 Å². The van der Waals surface area contributed by atoms with E-state index in [0.717, 1.165) is 22.3 Å². The van der Waals surface area contributed by atoms with Gasteiger partial charge >= 0.3 is 0 Å². The molecule has 1 N–H and O–H groups in total. The second-order valence-electron chi connectivity index (χ2n) is 7.95. The summed E-state index contributed by atoms with van der Waals surface area (Å²) in [6, 6.07) is 30.9. The molecular formula is C30H22N4O. The van der Waals surface area contributed by atoms with Crippen molar-refractivity contribution in [3.8, 4) is 23.0 Å². The van der Waals surface area contributed by atoms with Crippen LogP contribution in [0.5, 0.6) is 0 Å². The van der Waals surface area contributed by atoms with Gasteiger partial charge in [-0.05, 0) is 65.1 Å². The number of amides is 1. The summed E-state index contributed by atoms with van der Waals surface area (Å²) in [4.78, 5) is 17.4. The fraction of sp³-hybridized carbons (Fsp3) is 0.0333. The van der Waals surface area contributed by atoms with Crippen LogP contribution in [0.25, 0.3) is 11.1 Å². The number of anilines is 1. The molecule has 35 heavy (non-hydrogen) atoms. The summed E-state index contributed by atoms with van der Waals surface area (Å²) < 4.78 is 1.88. The Bertz CT molecular complexity index is 1500. The highest BCUT2D eigenvalue weighted by molar-refractivity contribution is 6.08. The standard InChI is InChI=1S/C30H22N4O/c35-30(33-27-9-5-7-23(21-27)14-17-26-8-3-4-18-31-26)29-11-2-1-10-28(29)25-15-12-24(13-16-25)22-34-20-6-19-32-34/h1-13,15-16,18-21H,22H2,(H,33,35). The number of rotatable bonds is 5. The first-order valence-corrected chi connectivity index (χ1v) is 11.2. The Labute approximate surface area is 204 Å². The SMILES string of the molecule is O=C(Nc1cccc(C#Cc2ccccn2)c1)c1ccccc1-c1ccc(Cn2cccn2)cc1. The Kier molecular flexibility index (Phi) is 6.45. The summed E-state index contributed by atoms with van der Waals surface area (Å²) in [6.07, 6.45) is 5.42. The monoisotopic (exact) mass is 454 g/mol. The van der Waals surface area contributed by atoms with Crippen molar-refractivity contribution < 1.29 is 4.79 Å². The van der Waals surface area contributed by atoms with E-state index in [-0.39, 0.29) is 5.91 Å². The van der Waals surface area contributed by atoms with Gasteiger partial charge in [-0.25, -0.2) is 4.98 Å². The highest BCUT2D eigenvalue weighted by Crippen LogP contribution is 2.25. The first-order chi connectivity index (χ1) is 17.2. The van der Waals surface area contributed by atoms with E-state index in [4.69, 9.17) is 0 Å².